The molecule has 0 spiro atoms. The molecular formula is C11H12N2O2. The van der Waals surface area contributed by atoms with Gasteiger partial charge in [0.15, 0.2) is 0 Å². The lowest BCUT2D eigenvalue weighted by atomic mass is 10.3. The third kappa shape index (κ3) is 1.83. The number of carbonyl (C=O) groups is 1. The SMILES string of the molecule is CCOC(=O)c1cc2ncc(C)cc2[nH]1. The molecule has 0 bridgehead atoms. The number of nitrogens with one attached hydrogen (secondary N) is 1. The van der Waals surface area contributed by atoms with Crippen molar-refractivity contribution in [3.8, 4) is 0 Å². The molecule has 0 saturated carbocycles. The summed E-state index contributed by atoms with van der Waals surface area (Å²) >= 11 is 0. The molecule has 0 unspecified atom stereocenters. The van der Waals surface area contributed by atoms with Gasteiger partial charge in [0.2, 0.25) is 0 Å². The van der Waals surface area contributed by atoms with Gasteiger partial charge < -0.3 is 9.72 Å². The van der Waals surface area contributed by atoms with Crippen LogP contribution in [0.1, 0.15) is 23.0 Å². The molecule has 78 valence electrons. The number of pyridine rings is 1. The van der Waals surface area contributed by atoms with E-state index < -0.39 is 0 Å². The second kappa shape index (κ2) is 3.73. The van der Waals surface area contributed by atoms with Crippen molar-refractivity contribution >= 4 is 17.0 Å². The summed E-state index contributed by atoms with van der Waals surface area (Å²) in [5.74, 6) is -0.340. The molecule has 0 aromatic carbocycles. The maximum Gasteiger partial charge on any atom is 0.354 e. The smallest absolute Gasteiger partial charge is 0.354 e. The zero-order chi connectivity index (χ0) is 10.8. The first kappa shape index (κ1) is 9.71. The number of esters is 1. The van der Waals surface area contributed by atoms with Crippen molar-refractivity contribution in [1.29, 1.82) is 0 Å². The second-order valence-electron chi connectivity index (χ2n) is 3.35. The predicted molar refractivity (Wildman–Crippen MR) is 56.8 cm³/mol. The Morgan fingerprint density at radius 1 is 1.53 bits per heavy atom. The van der Waals surface area contributed by atoms with Crippen LogP contribution >= 0.6 is 0 Å². The van der Waals surface area contributed by atoms with Crippen molar-refractivity contribution in [2.75, 3.05) is 6.61 Å². The third-order valence-corrected chi connectivity index (χ3v) is 2.10. The summed E-state index contributed by atoms with van der Waals surface area (Å²) < 4.78 is 4.89. The van der Waals surface area contributed by atoms with Gasteiger partial charge in [0, 0.05) is 6.20 Å². The second-order valence-corrected chi connectivity index (χ2v) is 3.35. The molecule has 1 N–H and O–H groups in total. The first-order valence-electron chi connectivity index (χ1n) is 4.83. The number of nitrogens with zero attached hydrogens (tertiary/aromatic N) is 1. The minimum atomic E-state index is -0.340. The van der Waals surface area contributed by atoms with Crippen LogP contribution in [0.5, 0.6) is 0 Å². The van der Waals surface area contributed by atoms with Crippen molar-refractivity contribution in [2.45, 2.75) is 13.8 Å². The molecule has 0 aliphatic heterocycles. The zero-order valence-corrected chi connectivity index (χ0v) is 8.70. The highest BCUT2D eigenvalue weighted by Crippen LogP contribution is 2.14. The van der Waals surface area contributed by atoms with Crippen LogP contribution in [-0.4, -0.2) is 22.5 Å². The van der Waals surface area contributed by atoms with E-state index in [4.69, 9.17) is 4.74 Å². The van der Waals surface area contributed by atoms with E-state index in [1.54, 1.807) is 19.2 Å². The van der Waals surface area contributed by atoms with Crippen molar-refractivity contribution < 1.29 is 9.53 Å². The minimum absolute atomic E-state index is 0.340. The van der Waals surface area contributed by atoms with E-state index in [9.17, 15) is 4.79 Å². The number of ether oxygens (including phenoxy) is 1. The Bertz CT molecular complexity index is 502. The van der Waals surface area contributed by atoms with Crippen LogP contribution in [0, 0.1) is 6.92 Å². The van der Waals surface area contributed by atoms with E-state index in [0.29, 0.717) is 12.3 Å². The molecule has 2 aromatic rings. The quantitative estimate of drug-likeness (QED) is 0.761. The standard InChI is InChI=1S/C11H12N2O2/c1-3-15-11(14)10-5-8-9(13-10)4-7(2)6-12-8/h4-6,13H,3H2,1-2H3. The number of aromatic nitrogens is 2. The number of hydrogen-bond donors (Lipinski definition) is 1. The Morgan fingerprint density at radius 3 is 3.07 bits per heavy atom. The van der Waals surface area contributed by atoms with Gasteiger partial charge in [-0.1, -0.05) is 0 Å². The molecule has 0 fully saturated rings. The lowest BCUT2D eigenvalue weighted by molar-refractivity contribution is 0.0520. The maximum absolute atomic E-state index is 11.4. The number of aromatic amines is 1. The molecule has 0 aliphatic rings. The fraction of sp³-hybridized carbons (Fsp3) is 0.273. The molecule has 15 heavy (non-hydrogen) atoms. The number of H-pyrrole nitrogens is 1. The summed E-state index contributed by atoms with van der Waals surface area (Å²) in [6, 6.07) is 3.65. The normalized spacial score (nSPS) is 10.5. The van der Waals surface area contributed by atoms with Gasteiger partial charge >= 0.3 is 5.97 Å². The summed E-state index contributed by atoms with van der Waals surface area (Å²) in [5.41, 5.74) is 3.14. The molecule has 0 amide bonds. The summed E-state index contributed by atoms with van der Waals surface area (Å²) in [5, 5.41) is 0. The summed E-state index contributed by atoms with van der Waals surface area (Å²) in [6.07, 6.45) is 1.77. The van der Waals surface area contributed by atoms with Crippen LogP contribution in [-0.2, 0) is 4.74 Å². The minimum Gasteiger partial charge on any atom is -0.461 e. The number of aryl methyl sites for hydroxylation is 1. The highest BCUT2D eigenvalue weighted by atomic mass is 16.5. The van der Waals surface area contributed by atoms with Gasteiger partial charge in [-0.25, -0.2) is 4.79 Å². The molecule has 0 radical (unpaired) electrons. The third-order valence-electron chi connectivity index (χ3n) is 2.10. The molecule has 4 nitrogen and oxygen atoms in total. The van der Waals surface area contributed by atoms with Gasteiger partial charge in [0.25, 0.3) is 0 Å². The van der Waals surface area contributed by atoms with Crippen LogP contribution in [0.25, 0.3) is 11.0 Å². The topological polar surface area (TPSA) is 55.0 Å². The van der Waals surface area contributed by atoms with Gasteiger partial charge in [-0.05, 0) is 31.5 Å². The molecule has 0 atom stereocenters. The van der Waals surface area contributed by atoms with E-state index in [1.165, 1.54) is 0 Å². The molecule has 4 heteroatoms. The Kier molecular flexibility index (Phi) is 2.41. The molecular weight excluding hydrogens is 192 g/mol. The van der Waals surface area contributed by atoms with Crippen LogP contribution in [0.4, 0.5) is 0 Å². The monoisotopic (exact) mass is 204 g/mol. The Labute approximate surface area is 87.3 Å². The first-order chi connectivity index (χ1) is 7.20. The molecule has 2 heterocycles. The van der Waals surface area contributed by atoms with Crippen LogP contribution < -0.4 is 0 Å². The average Bonchev–Trinajstić information content (AvgIpc) is 2.60. The van der Waals surface area contributed by atoms with E-state index in [1.807, 2.05) is 13.0 Å². The predicted octanol–water partition coefficient (Wildman–Crippen LogP) is 2.05. The number of hydrogen-bond acceptors (Lipinski definition) is 3. The van der Waals surface area contributed by atoms with Gasteiger partial charge in [-0.2, -0.15) is 0 Å². The number of fused-ring (bicyclic) bond motifs is 1. The van der Waals surface area contributed by atoms with E-state index in [2.05, 4.69) is 9.97 Å². The summed E-state index contributed by atoms with van der Waals surface area (Å²) in [7, 11) is 0. The summed E-state index contributed by atoms with van der Waals surface area (Å²) in [4.78, 5) is 18.6. The van der Waals surface area contributed by atoms with E-state index in [-0.39, 0.29) is 5.97 Å². The van der Waals surface area contributed by atoms with Crippen molar-refractivity contribution in [1.82, 2.24) is 9.97 Å². The van der Waals surface area contributed by atoms with E-state index >= 15 is 0 Å². The van der Waals surface area contributed by atoms with Crippen LogP contribution in [0.2, 0.25) is 0 Å². The van der Waals surface area contributed by atoms with Gasteiger partial charge in [0.1, 0.15) is 5.69 Å². The van der Waals surface area contributed by atoms with Crippen molar-refractivity contribution in [3.63, 3.8) is 0 Å². The first-order valence-corrected chi connectivity index (χ1v) is 4.83. The van der Waals surface area contributed by atoms with E-state index in [0.717, 1.165) is 16.6 Å². The largest absolute Gasteiger partial charge is 0.461 e. The molecule has 2 aromatic heterocycles. The lowest BCUT2D eigenvalue weighted by Gasteiger charge is -1.96. The summed E-state index contributed by atoms with van der Waals surface area (Å²) in [6.45, 7) is 4.11. The van der Waals surface area contributed by atoms with Gasteiger partial charge in [-0.15, -0.1) is 0 Å². The van der Waals surface area contributed by atoms with Crippen LogP contribution in [0.3, 0.4) is 0 Å². The van der Waals surface area contributed by atoms with Crippen molar-refractivity contribution in [2.24, 2.45) is 0 Å². The maximum atomic E-state index is 11.4. The van der Waals surface area contributed by atoms with Crippen molar-refractivity contribution in [3.05, 3.63) is 29.6 Å². The molecule has 2 rings (SSSR count). The highest BCUT2D eigenvalue weighted by molar-refractivity contribution is 5.93. The fourth-order valence-corrected chi connectivity index (χ4v) is 1.43. The Hall–Kier alpha value is -1.84. The molecule has 0 saturated heterocycles. The Morgan fingerprint density at radius 2 is 2.33 bits per heavy atom. The average molecular weight is 204 g/mol. The highest BCUT2D eigenvalue weighted by Gasteiger charge is 2.10. The molecule has 0 aliphatic carbocycles. The Balaban J connectivity index is 2.42. The van der Waals surface area contributed by atoms with Gasteiger partial charge in [-0.3, -0.25) is 4.98 Å². The fourth-order valence-electron chi connectivity index (χ4n) is 1.43. The number of rotatable bonds is 2. The lowest BCUT2D eigenvalue weighted by Crippen LogP contribution is -2.04. The zero-order valence-electron chi connectivity index (χ0n) is 8.70. The number of carbonyl (C=O) groups excluding carboxylic acids is 1. The van der Waals surface area contributed by atoms with Gasteiger partial charge in [0.05, 0.1) is 17.6 Å². The van der Waals surface area contributed by atoms with Crippen LogP contribution in [0.15, 0.2) is 18.3 Å².